The van der Waals surface area contributed by atoms with Crippen molar-refractivity contribution in [2.24, 2.45) is 0 Å². The maximum absolute atomic E-state index is 10.9. The second-order valence-electron chi connectivity index (χ2n) is 4.90. The van der Waals surface area contributed by atoms with Gasteiger partial charge in [-0.25, -0.2) is 0 Å². The molecule has 0 aliphatic heterocycles. The molecule has 1 N–H and O–H groups in total. The van der Waals surface area contributed by atoms with Crippen molar-refractivity contribution in [3.8, 4) is 0 Å². The van der Waals surface area contributed by atoms with Crippen molar-refractivity contribution in [3.05, 3.63) is 66.2 Å². The number of anilines is 1. The van der Waals surface area contributed by atoms with Gasteiger partial charge in [0.1, 0.15) is 0 Å². The third-order valence-corrected chi connectivity index (χ3v) is 3.53. The Balaban J connectivity index is 0.00000264. The van der Waals surface area contributed by atoms with Crippen LogP contribution in [0.25, 0.3) is 0 Å². The van der Waals surface area contributed by atoms with Gasteiger partial charge >= 0.3 is 29.6 Å². The first kappa shape index (κ1) is 19.6. The van der Waals surface area contributed by atoms with E-state index in [9.17, 15) is 9.90 Å². The summed E-state index contributed by atoms with van der Waals surface area (Å²) in [6, 6.07) is 18.6. The molecule has 0 aliphatic carbocycles. The number of aliphatic carboxylic acids is 1. The Kier molecular flexibility index (Phi) is 8.26. The van der Waals surface area contributed by atoms with Crippen LogP contribution in [0.3, 0.4) is 0 Å². The van der Waals surface area contributed by atoms with Gasteiger partial charge in [-0.15, -0.1) is 0 Å². The van der Waals surface area contributed by atoms with Crippen molar-refractivity contribution in [3.63, 3.8) is 0 Å². The Labute approximate surface area is 163 Å². The number of carboxylic acid groups (broad SMARTS) is 1. The van der Waals surface area contributed by atoms with Crippen LogP contribution in [-0.2, 0) is 11.3 Å². The maximum Gasteiger partial charge on any atom is 1.00 e. The second kappa shape index (κ2) is 9.67. The van der Waals surface area contributed by atoms with E-state index in [-0.39, 0.29) is 29.6 Å². The van der Waals surface area contributed by atoms with Gasteiger partial charge in [-0.3, -0.25) is 0 Å². The van der Waals surface area contributed by atoms with Crippen LogP contribution in [0.15, 0.2) is 60.7 Å². The van der Waals surface area contributed by atoms with Gasteiger partial charge in [-0.2, -0.15) is 0 Å². The summed E-state index contributed by atoms with van der Waals surface area (Å²) < 4.78 is 0. The molecule has 23 heavy (non-hydrogen) atoms. The monoisotopic (exact) mass is 336 g/mol. The largest absolute Gasteiger partial charge is 1.00 e. The van der Waals surface area contributed by atoms with E-state index in [1.807, 2.05) is 65.6 Å². The van der Waals surface area contributed by atoms with Crippen molar-refractivity contribution < 1.29 is 39.5 Å². The molecule has 2 aromatic rings. The van der Waals surface area contributed by atoms with Gasteiger partial charge in [0.15, 0.2) is 5.11 Å². The van der Waals surface area contributed by atoms with Crippen LogP contribution in [0.4, 0.5) is 5.69 Å². The summed E-state index contributed by atoms with van der Waals surface area (Å²) in [6.07, 6.45) is 0. The molecule has 0 unspecified atom stereocenters. The zero-order chi connectivity index (χ0) is 15.9. The number of hydrogen-bond acceptors (Lipinski definition) is 3. The average Bonchev–Trinajstić information content (AvgIpc) is 2.54. The fourth-order valence-corrected chi connectivity index (χ4v) is 2.32. The molecule has 6 heteroatoms. The summed E-state index contributed by atoms with van der Waals surface area (Å²) >= 11 is 5.38. The molecular formula is C17H17N2NaO2S. The number of benzene rings is 2. The van der Waals surface area contributed by atoms with E-state index in [1.165, 1.54) is 6.92 Å². The third kappa shape index (κ3) is 5.95. The maximum atomic E-state index is 10.9. The summed E-state index contributed by atoms with van der Waals surface area (Å²) in [6.45, 7) is 2.06. The zero-order valence-corrected chi connectivity index (χ0v) is 16.0. The van der Waals surface area contributed by atoms with E-state index in [4.69, 9.17) is 12.2 Å². The number of carboxylic acids is 1. The summed E-state index contributed by atoms with van der Waals surface area (Å²) in [5.74, 6) is -1.19. The average molecular weight is 336 g/mol. The van der Waals surface area contributed by atoms with Crippen LogP contribution in [0.5, 0.6) is 0 Å². The summed E-state index contributed by atoms with van der Waals surface area (Å²) in [4.78, 5) is 12.8. The number of thiocarbonyl (C=S) groups is 1. The molecule has 1 atom stereocenters. The fourth-order valence-electron chi connectivity index (χ4n) is 1.98. The molecule has 0 spiro atoms. The van der Waals surface area contributed by atoms with E-state index < -0.39 is 12.0 Å². The standard InChI is InChI=1S/C17H18N2O2S.Na/c1-13(16(20)21)18-17(22)19(15-10-6-3-7-11-15)12-14-8-4-2-5-9-14;/h2-11,13H,12H2,1H3,(H,18,22)(H,20,21);/q;+1/p-1/t13-;/m0./s1. The van der Waals surface area contributed by atoms with Crippen molar-refractivity contribution in [2.75, 3.05) is 4.90 Å². The zero-order valence-electron chi connectivity index (χ0n) is 13.2. The first-order valence-electron chi connectivity index (χ1n) is 6.96. The number of carbonyl (C=O) groups excluding carboxylic acids is 1. The second-order valence-corrected chi connectivity index (χ2v) is 5.28. The first-order chi connectivity index (χ1) is 10.6. The Bertz CT molecular complexity index is 638. The van der Waals surface area contributed by atoms with Crippen molar-refractivity contribution >= 4 is 29.0 Å². The molecule has 2 aromatic carbocycles. The molecule has 0 saturated heterocycles. The van der Waals surface area contributed by atoms with Gasteiger partial charge in [-0.05, 0) is 36.8 Å². The van der Waals surface area contributed by atoms with Crippen molar-refractivity contribution in [2.45, 2.75) is 19.5 Å². The van der Waals surface area contributed by atoms with Gasteiger partial charge in [0, 0.05) is 5.69 Å². The SMILES string of the molecule is C[C@H](NC(=S)N(Cc1ccccc1)c1ccccc1)C(=O)[O-].[Na+]. The summed E-state index contributed by atoms with van der Waals surface area (Å²) in [5.41, 5.74) is 1.98. The van der Waals surface area contributed by atoms with E-state index in [2.05, 4.69) is 5.32 Å². The van der Waals surface area contributed by atoms with Crippen LogP contribution in [0, 0.1) is 0 Å². The quantitative estimate of drug-likeness (QED) is 0.544. The molecule has 0 heterocycles. The van der Waals surface area contributed by atoms with E-state index in [0.29, 0.717) is 11.7 Å². The molecule has 0 fully saturated rings. The van der Waals surface area contributed by atoms with Crippen LogP contribution < -0.4 is 44.9 Å². The molecule has 0 aliphatic rings. The number of carbonyl (C=O) groups is 1. The fraction of sp³-hybridized carbons (Fsp3) is 0.176. The molecule has 0 bridgehead atoms. The van der Waals surface area contributed by atoms with Crippen molar-refractivity contribution in [1.29, 1.82) is 0 Å². The molecule has 0 radical (unpaired) electrons. The van der Waals surface area contributed by atoms with Crippen LogP contribution >= 0.6 is 12.2 Å². The minimum absolute atomic E-state index is 0. The van der Waals surface area contributed by atoms with Crippen LogP contribution in [-0.4, -0.2) is 17.1 Å². The molecule has 0 aromatic heterocycles. The topological polar surface area (TPSA) is 55.4 Å². The van der Waals surface area contributed by atoms with Crippen LogP contribution in [0.2, 0.25) is 0 Å². The normalized spacial score (nSPS) is 11.0. The van der Waals surface area contributed by atoms with Gasteiger partial charge < -0.3 is 20.1 Å². The number of hydrogen-bond donors (Lipinski definition) is 1. The molecule has 2 rings (SSSR count). The molecule has 114 valence electrons. The molecule has 4 nitrogen and oxygen atoms in total. The smallest absolute Gasteiger partial charge is 0.548 e. The number of para-hydroxylation sites is 1. The summed E-state index contributed by atoms with van der Waals surface area (Å²) in [5, 5.41) is 14.0. The number of rotatable bonds is 5. The van der Waals surface area contributed by atoms with Gasteiger partial charge in [0.25, 0.3) is 0 Å². The molecule has 0 saturated carbocycles. The Morgan fingerprint density at radius 1 is 1.13 bits per heavy atom. The molecular weight excluding hydrogens is 319 g/mol. The number of nitrogens with one attached hydrogen (secondary N) is 1. The molecule has 0 amide bonds. The van der Waals surface area contributed by atoms with E-state index in [0.717, 1.165) is 11.3 Å². The Hall–Kier alpha value is -1.40. The minimum atomic E-state index is -1.19. The van der Waals surface area contributed by atoms with Crippen LogP contribution in [0.1, 0.15) is 12.5 Å². The van der Waals surface area contributed by atoms with Gasteiger partial charge in [0.05, 0.1) is 18.6 Å². The van der Waals surface area contributed by atoms with Gasteiger partial charge in [-0.1, -0.05) is 48.5 Å². The van der Waals surface area contributed by atoms with E-state index >= 15 is 0 Å². The summed E-state index contributed by atoms with van der Waals surface area (Å²) in [7, 11) is 0. The van der Waals surface area contributed by atoms with Gasteiger partial charge in [0.2, 0.25) is 0 Å². The van der Waals surface area contributed by atoms with Crippen molar-refractivity contribution in [1.82, 2.24) is 5.32 Å². The predicted octanol–water partition coefficient (Wildman–Crippen LogP) is -1.29. The first-order valence-corrected chi connectivity index (χ1v) is 7.36. The number of nitrogens with zero attached hydrogens (tertiary/aromatic N) is 1. The Morgan fingerprint density at radius 2 is 1.65 bits per heavy atom. The third-order valence-electron chi connectivity index (χ3n) is 3.19. The van der Waals surface area contributed by atoms with E-state index in [1.54, 1.807) is 0 Å². The predicted molar refractivity (Wildman–Crippen MR) is 89.3 cm³/mol. The Morgan fingerprint density at radius 3 is 2.17 bits per heavy atom. The minimum Gasteiger partial charge on any atom is -0.548 e.